The van der Waals surface area contributed by atoms with E-state index in [1.54, 1.807) is 46.2 Å². The SMILES string of the molecule is CCN(CC)CCOc1ccc(Nc2cc3c(cn2)cc(-c2ccccc2)c(=O)n3C2CC2)nc1.CCN(CC)CCOc1ccc(Nc2cc3c(cn2)cc(-c2ccccc2)c(=O)n3C2CCC2)nc1.CCn1c(=O)c(-c2ccc(C)cc2)cc2cnc(Nc3ccc(C)cn3)cc21.CCn1c(=O)c(-c2ccccc2)cc2cnc(Nc3ccc(F)cn3)cc21. The third kappa shape index (κ3) is 20.9. The maximum atomic E-state index is 13.6. The summed E-state index contributed by atoms with van der Waals surface area (Å²) in [7, 11) is 0. The van der Waals surface area contributed by atoms with Gasteiger partial charge in [-0.3, -0.25) is 19.2 Å². The fourth-order valence-corrected chi connectivity index (χ4v) is 15.3. The molecule has 12 aromatic heterocycles. The molecule has 18 rings (SSSR count). The second kappa shape index (κ2) is 40.7. The average Bonchev–Trinajstić information content (AvgIpc) is 1.26. The van der Waals surface area contributed by atoms with Crippen molar-refractivity contribution in [1.29, 1.82) is 0 Å². The second-order valence-electron chi connectivity index (χ2n) is 31.1. The van der Waals surface area contributed by atoms with Crippen LogP contribution < -0.4 is 53.0 Å². The molecule has 0 unspecified atom stereocenters. The van der Waals surface area contributed by atoms with Crippen molar-refractivity contribution in [1.82, 2.24) is 67.9 Å². The molecular weight excluding hydrogens is 1580 g/mol. The monoisotopic (exact) mass is 1680 g/mol. The van der Waals surface area contributed by atoms with Crippen LogP contribution in [-0.4, -0.2) is 120 Å². The van der Waals surface area contributed by atoms with Gasteiger partial charge in [-0.1, -0.05) is 155 Å². The molecule has 0 aliphatic heterocycles. The standard InChI is InChI=1S/C29H33N5O2.C28H31N5O2.C23H22N4O.C21H17FN4O/c1-3-33(4-2)15-16-36-24-13-14-27(31-20-24)32-28-18-26-22(19-30-28)17-25(21-9-6-5-7-10-21)29(35)34(26)23-11-8-12-23;1-3-32(4-2)14-15-35-23-12-13-26(30-19-23)31-27-17-25-21(18-29-27)16-24(20-8-6-5-7-9-20)28(34)33(25)22-10-11-22;1-4-27-20-12-22(26-21-10-7-16(3)13-24-21)25-14-18(20)11-19(23(27)28)17-8-5-15(2)6-9-17;1-2-26-18-11-20(25-19-9-8-16(22)13-24-19)23-12-15(18)10-17(21(26)27)14-6-4-3-5-7-14/h5-7,9-10,13-14,17-20,23H,3-4,8,11-12,15-16H2,1-2H3,(H,30,31,32);5-9,12-13,16-19,22H,3-4,10-11,14-15H2,1-2H3,(H,29,30,31);5-14H,4H2,1-3H3,(H,24,25,26);3-13H,2H2,1H3,(H,23,24,25). The Balaban J connectivity index is 0.000000131. The lowest BCUT2D eigenvalue weighted by atomic mass is 9.91. The summed E-state index contributed by atoms with van der Waals surface area (Å²) in [6, 6.07) is 67.5. The van der Waals surface area contributed by atoms with E-state index in [0.29, 0.717) is 83.7 Å². The molecule has 0 radical (unpaired) electrons. The highest BCUT2D eigenvalue weighted by Gasteiger charge is 2.29. The molecule has 0 atom stereocenters. The van der Waals surface area contributed by atoms with E-state index >= 15 is 0 Å². The van der Waals surface area contributed by atoms with Gasteiger partial charge < -0.3 is 58.8 Å². The molecule has 0 amide bonds. The highest BCUT2D eigenvalue weighted by Crippen LogP contribution is 2.39. The van der Waals surface area contributed by atoms with Crippen LogP contribution in [0.4, 0.5) is 50.9 Å². The van der Waals surface area contributed by atoms with E-state index in [4.69, 9.17) is 9.47 Å². The maximum absolute atomic E-state index is 13.6. The first-order valence-corrected chi connectivity index (χ1v) is 43.2. The number of rotatable bonds is 28. The van der Waals surface area contributed by atoms with Gasteiger partial charge in [-0.2, -0.15) is 0 Å². The van der Waals surface area contributed by atoms with Crippen LogP contribution in [0.2, 0.25) is 0 Å². The second-order valence-corrected chi connectivity index (χ2v) is 31.1. The Morgan fingerprint density at radius 1 is 0.341 bits per heavy atom. The lowest BCUT2D eigenvalue weighted by Crippen LogP contribution is -2.30. The van der Waals surface area contributed by atoms with E-state index in [1.165, 1.54) is 17.7 Å². The van der Waals surface area contributed by atoms with Crippen molar-refractivity contribution in [3.05, 3.63) is 320 Å². The van der Waals surface area contributed by atoms with Crippen LogP contribution >= 0.6 is 0 Å². The summed E-state index contributed by atoms with van der Waals surface area (Å²) < 4.78 is 32.1. The van der Waals surface area contributed by atoms with Gasteiger partial charge in [-0.15, -0.1) is 0 Å². The van der Waals surface area contributed by atoms with E-state index in [1.807, 2.05) is 243 Å². The van der Waals surface area contributed by atoms with Crippen LogP contribution in [-0.2, 0) is 13.1 Å². The Morgan fingerprint density at radius 2 is 0.667 bits per heavy atom. The number of nitrogens with zero attached hydrogens (tertiary/aromatic N) is 14. The number of anilines is 8. The van der Waals surface area contributed by atoms with Gasteiger partial charge in [-0.25, -0.2) is 44.3 Å². The molecule has 640 valence electrons. The smallest absolute Gasteiger partial charge is 0.259 e. The minimum atomic E-state index is -0.403. The van der Waals surface area contributed by atoms with Crippen LogP contribution in [0.3, 0.4) is 0 Å². The van der Waals surface area contributed by atoms with Crippen molar-refractivity contribution in [2.24, 2.45) is 0 Å². The molecule has 2 aliphatic rings. The highest BCUT2D eigenvalue weighted by molar-refractivity contribution is 5.90. The molecule has 25 heteroatoms. The van der Waals surface area contributed by atoms with Crippen molar-refractivity contribution in [2.45, 2.75) is 113 Å². The van der Waals surface area contributed by atoms with Gasteiger partial charge in [-0.05, 0) is 181 Å². The van der Waals surface area contributed by atoms with Gasteiger partial charge >= 0.3 is 0 Å². The first kappa shape index (κ1) is 86.5. The van der Waals surface area contributed by atoms with E-state index in [-0.39, 0.29) is 34.3 Å². The molecule has 126 heavy (non-hydrogen) atoms. The Labute approximate surface area is 730 Å². The number of hydrogen-bond donors (Lipinski definition) is 4. The van der Waals surface area contributed by atoms with E-state index < -0.39 is 5.82 Å². The van der Waals surface area contributed by atoms with E-state index in [2.05, 4.69) is 98.6 Å². The van der Waals surface area contributed by atoms with Gasteiger partial charge in [0.25, 0.3) is 22.2 Å². The average molecular weight is 1680 g/mol. The molecule has 12 heterocycles. The molecule has 16 aromatic rings. The van der Waals surface area contributed by atoms with E-state index in [9.17, 15) is 23.6 Å². The summed E-state index contributed by atoms with van der Waals surface area (Å²) in [5.41, 5.74) is 12.2. The zero-order valence-electron chi connectivity index (χ0n) is 72.2. The van der Waals surface area contributed by atoms with Crippen LogP contribution in [0.1, 0.15) is 96.9 Å². The summed E-state index contributed by atoms with van der Waals surface area (Å²) in [6.07, 6.45) is 18.8. The normalized spacial score (nSPS) is 12.4. The Hall–Kier alpha value is -14.4. The molecule has 2 aliphatic carbocycles. The number of benzene rings is 4. The fourth-order valence-electron chi connectivity index (χ4n) is 15.3. The first-order chi connectivity index (χ1) is 61.5. The number of halogens is 1. The predicted molar refractivity (Wildman–Crippen MR) is 504 cm³/mol. The van der Waals surface area contributed by atoms with Gasteiger partial charge in [0, 0.05) is 137 Å². The molecule has 4 N–H and O–H groups in total. The zero-order valence-corrected chi connectivity index (χ0v) is 72.2. The van der Waals surface area contributed by atoms with Gasteiger partial charge in [0.05, 0.1) is 40.7 Å². The van der Waals surface area contributed by atoms with E-state index in [0.717, 1.165) is 172 Å². The number of aryl methyl sites for hydroxylation is 4. The van der Waals surface area contributed by atoms with Crippen LogP contribution in [0.5, 0.6) is 11.5 Å². The minimum absolute atomic E-state index is 0.00413. The third-order valence-electron chi connectivity index (χ3n) is 22.7. The lowest BCUT2D eigenvalue weighted by molar-refractivity contribution is 0.222. The molecule has 0 spiro atoms. The molecule has 2 saturated carbocycles. The third-order valence-corrected chi connectivity index (χ3v) is 22.7. The first-order valence-electron chi connectivity index (χ1n) is 43.2. The molecule has 24 nitrogen and oxygen atoms in total. The largest absolute Gasteiger partial charge is 0.491 e. The number of likely N-dealkylation sites (N-methyl/N-ethyl adjacent to an activating group) is 2. The maximum Gasteiger partial charge on any atom is 0.259 e. The van der Waals surface area contributed by atoms with Crippen LogP contribution in [0.25, 0.3) is 88.1 Å². The molecule has 0 saturated heterocycles. The Morgan fingerprint density at radius 3 is 0.992 bits per heavy atom. The van der Waals surface area contributed by atoms with Crippen molar-refractivity contribution >= 4 is 90.2 Å². The van der Waals surface area contributed by atoms with Gasteiger partial charge in [0.2, 0.25) is 0 Å². The predicted octanol–water partition coefficient (Wildman–Crippen LogP) is 20.1. The van der Waals surface area contributed by atoms with Crippen molar-refractivity contribution in [2.75, 3.05) is 73.7 Å². The summed E-state index contributed by atoms with van der Waals surface area (Å²) in [4.78, 5) is 93.2. The number of pyridine rings is 12. The van der Waals surface area contributed by atoms with Crippen molar-refractivity contribution in [3.8, 4) is 56.0 Å². The lowest BCUT2D eigenvalue weighted by Gasteiger charge is -2.29. The summed E-state index contributed by atoms with van der Waals surface area (Å²) in [5.74, 6) is 6.15. The van der Waals surface area contributed by atoms with Gasteiger partial charge in [0.15, 0.2) is 0 Å². The number of ether oxygens (including phenoxy) is 2. The van der Waals surface area contributed by atoms with Gasteiger partial charge in [0.1, 0.15) is 77.1 Å². The fraction of sp³-hybridized carbons (Fsp3) is 0.248. The summed E-state index contributed by atoms with van der Waals surface area (Å²) in [5, 5.41) is 16.5. The zero-order chi connectivity index (χ0) is 87.6. The summed E-state index contributed by atoms with van der Waals surface area (Å²) in [6.45, 7) is 24.8. The molecule has 4 aromatic carbocycles. The number of aromatic nitrogens is 12. The topological polar surface area (TPSA) is 264 Å². The van der Waals surface area contributed by atoms with Crippen LogP contribution in [0.15, 0.2) is 281 Å². The molecular formula is C101H103FN18O6. The van der Waals surface area contributed by atoms with Crippen LogP contribution in [0, 0.1) is 19.7 Å². The quantitative estimate of drug-likeness (QED) is 0.0355. The minimum Gasteiger partial charge on any atom is -0.491 e. The Kier molecular flexibility index (Phi) is 28.0. The molecule has 2 fully saturated rings. The number of hydrogen-bond acceptors (Lipinski definition) is 20. The van der Waals surface area contributed by atoms with Crippen molar-refractivity contribution in [3.63, 3.8) is 0 Å². The summed E-state index contributed by atoms with van der Waals surface area (Å²) >= 11 is 0. The number of fused-ring (bicyclic) bond motifs is 4. The highest BCUT2D eigenvalue weighted by atomic mass is 19.1. The molecule has 0 bridgehead atoms. The Bertz CT molecular complexity index is 6670. The van der Waals surface area contributed by atoms with Crippen molar-refractivity contribution < 1.29 is 13.9 Å². The number of nitrogens with one attached hydrogen (secondary N) is 4.